The second kappa shape index (κ2) is 12.0. The van der Waals surface area contributed by atoms with Gasteiger partial charge in [-0.2, -0.15) is 0 Å². The minimum Gasteiger partial charge on any atom is -0.464 e. The lowest BCUT2D eigenvalue weighted by molar-refractivity contribution is -0.161. The number of hydrogen-bond acceptors (Lipinski definition) is 6. The number of aliphatic hydroxyl groups is 2. The summed E-state index contributed by atoms with van der Waals surface area (Å²) in [5.74, 6) is -1.46. The van der Waals surface area contributed by atoms with Crippen LogP contribution < -0.4 is 5.32 Å². The molecule has 7 nitrogen and oxygen atoms in total. The normalized spacial score (nSPS) is 13.9. The highest BCUT2D eigenvalue weighted by atomic mass is 35.5. The lowest BCUT2D eigenvalue weighted by Crippen LogP contribution is -2.53. The second-order valence-corrected chi connectivity index (χ2v) is 7.73. The minimum atomic E-state index is -1.80. The monoisotopic (exact) mass is 469 g/mol. The van der Waals surface area contributed by atoms with Gasteiger partial charge in [0.05, 0.1) is 12.6 Å². The van der Waals surface area contributed by atoms with Gasteiger partial charge >= 0.3 is 5.97 Å². The summed E-state index contributed by atoms with van der Waals surface area (Å²) in [7, 11) is 1.36. The van der Waals surface area contributed by atoms with E-state index in [1.54, 1.807) is 25.1 Å². The van der Waals surface area contributed by atoms with E-state index < -0.39 is 30.1 Å². The molecule has 2 aromatic rings. The summed E-state index contributed by atoms with van der Waals surface area (Å²) in [4.78, 5) is 23.8. The summed E-state index contributed by atoms with van der Waals surface area (Å²) >= 11 is 12.1. The van der Waals surface area contributed by atoms with Gasteiger partial charge in [0.2, 0.25) is 5.91 Å². The third-order valence-electron chi connectivity index (χ3n) is 4.49. The molecule has 0 saturated carbocycles. The van der Waals surface area contributed by atoms with Gasteiger partial charge in [-0.05, 0) is 48.2 Å². The summed E-state index contributed by atoms with van der Waals surface area (Å²) < 4.78 is 9.55. The van der Waals surface area contributed by atoms with Crippen LogP contribution in [0.3, 0.4) is 0 Å². The Morgan fingerprint density at radius 1 is 1.03 bits per heavy atom. The maximum atomic E-state index is 12.0. The van der Waals surface area contributed by atoms with Gasteiger partial charge in [-0.25, -0.2) is 4.79 Å². The molecule has 0 aliphatic heterocycles. The Bertz CT molecular complexity index is 870. The third kappa shape index (κ3) is 7.48. The van der Waals surface area contributed by atoms with Crippen molar-refractivity contribution in [1.82, 2.24) is 5.32 Å². The number of aliphatic hydroxyl groups excluding tert-OH is 2. The van der Waals surface area contributed by atoms with Gasteiger partial charge < -0.3 is 25.0 Å². The fourth-order valence-corrected chi connectivity index (χ4v) is 3.56. The highest BCUT2D eigenvalue weighted by Gasteiger charge is 2.33. The first-order chi connectivity index (χ1) is 14.7. The number of ether oxygens (including phenoxy) is 2. The van der Waals surface area contributed by atoms with Crippen LogP contribution in [-0.2, 0) is 25.5 Å². The van der Waals surface area contributed by atoms with Crippen molar-refractivity contribution >= 4 is 35.1 Å². The van der Waals surface area contributed by atoms with Crippen LogP contribution in [-0.4, -0.2) is 60.7 Å². The number of methoxy groups -OCH3 is 1. The number of hydrogen-bond donors (Lipinski definition) is 3. The molecule has 168 valence electrons. The van der Waals surface area contributed by atoms with E-state index in [9.17, 15) is 19.8 Å². The van der Waals surface area contributed by atoms with Crippen LogP contribution in [0.4, 0.5) is 0 Å². The fraction of sp³-hybridized carbons (Fsp3) is 0.364. The molecule has 9 heteroatoms. The van der Waals surface area contributed by atoms with Gasteiger partial charge in [0.1, 0.15) is 12.7 Å². The Labute approximate surface area is 190 Å². The summed E-state index contributed by atoms with van der Waals surface area (Å²) in [5, 5.41) is 24.3. The highest BCUT2D eigenvalue weighted by Crippen LogP contribution is 2.27. The molecule has 0 fully saturated rings. The number of benzene rings is 2. The van der Waals surface area contributed by atoms with Gasteiger partial charge in [0.15, 0.2) is 6.10 Å². The molecule has 1 amide bonds. The molecule has 3 atom stereocenters. The van der Waals surface area contributed by atoms with Gasteiger partial charge in [0, 0.05) is 17.2 Å². The van der Waals surface area contributed by atoms with E-state index in [4.69, 9.17) is 32.7 Å². The first kappa shape index (κ1) is 25.1. The largest absolute Gasteiger partial charge is 0.464 e. The van der Waals surface area contributed by atoms with Crippen LogP contribution in [0, 0.1) is 0 Å². The standard InChI is InChI=1S/C22H25Cl2NO6/c1-3-31-22(29)21(28)20(27)18(25-19(26)12-30-2)8-13-4-6-14(7-5-13)15-9-16(23)11-17(24)10-15/h4-7,9-11,18,20-21,27-28H,3,8,12H2,1-2H3,(H,25,26)/t18-,20+,21-/m0/s1. The van der Waals surface area contributed by atoms with Crippen molar-refractivity contribution in [3.63, 3.8) is 0 Å². The Balaban J connectivity index is 2.20. The molecule has 0 bridgehead atoms. The molecule has 0 unspecified atom stereocenters. The van der Waals surface area contributed by atoms with Gasteiger partial charge in [-0.15, -0.1) is 0 Å². The highest BCUT2D eigenvalue weighted by molar-refractivity contribution is 6.35. The molecule has 0 saturated heterocycles. The molecule has 0 radical (unpaired) electrons. The van der Waals surface area contributed by atoms with E-state index in [1.807, 2.05) is 24.3 Å². The van der Waals surface area contributed by atoms with E-state index in [0.717, 1.165) is 16.7 Å². The summed E-state index contributed by atoms with van der Waals surface area (Å²) in [6.07, 6.45) is -3.23. The minimum absolute atomic E-state index is 0.0539. The van der Waals surface area contributed by atoms with Crippen LogP contribution in [0.15, 0.2) is 42.5 Å². The average molecular weight is 470 g/mol. The molecule has 0 aliphatic rings. The molecule has 31 heavy (non-hydrogen) atoms. The van der Waals surface area contributed by atoms with E-state index in [2.05, 4.69) is 5.32 Å². The van der Waals surface area contributed by atoms with Gasteiger partial charge in [0.25, 0.3) is 0 Å². The lowest BCUT2D eigenvalue weighted by atomic mass is 9.96. The summed E-state index contributed by atoms with van der Waals surface area (Å²) in [6, 6.07) is 11.6. The van der Waals surface area contributed by atoms with E-state index in [-0.39, 0.29) is 19.6 Å². The zero-order valence-corrected chi connectivity index (χ0v) is 18.7. The molecule has 0 heterocycles. The van der Waals surface area contributed by atoms with Crippen molar-refractivity contribution in [1.29, 1.82) is 0 Å². The van der Waals surface area contributed by atoms with Crippen LogP contribution in [0.1, 0.15) is 12.5 Å². The third-order valence-corrected chi connectivity index (χ3v) is 4.93. The summed E-state index contributed by atoms with van der Waals surface area (Å²) in [5.41, 5.74) is 2.47. The second-order valence-electron chi connectivity index (χ2n) is 6.85. The van der Waals surface area contributed by atoms with Crippen molar-refractivity contribution in [2.75, 3.05) is 20.3 Å². The number of amides is 1. The Morgan fingerprint density at radius 3 is 2.19 bits per heavy atom. The number of halogens is 2. The molecule has 0 aliphatic carbocycles. The van der Waals surface area contributed by atoms with Crippen LogP contribution in [0.5, 0.6) is 0 Å². The van der Waals surface area contributed by atoms with Gasteiger partial charge in [-0.3, -0.25) is 4.79 Å². The predicted octanol–water partition coefficient (Wildman–Crippen LogP) is 2.62. The Hall–Kier alpha value is -2.16. The van der Waals surface area contributed by atoms with E-state index in [0.29, 0.717) is 10.0 Å². The maximum Gasteiger partial charge on any atom is 0.337 e. The van der Waals surface area contributed by atoms with Gasteiger partial charge in [-0.1, -0.05) is 47.5 Å². The van der Waals surface area contributed by atoms with Crippen molar-refractivity contribution in [2.24, 2.45) is 0 Å². The van der Waals surface area contributed by atoms with Crippen LogP contribution in [0.2, 0.25) is 10.0 Å². The molecule has 0 aromatic heterocycles. The van der Waals surface area contributed by atoms with Crippen LogP contribution >= 0.6 is 23.2 Å². The van der Waals surface area contributed by atoms with Crippen molar-refractivity contribution in [3.05, 3.63) is 58.1 Å². The first-order valence-electron chi connectivity index (χ1n) is 9.61. The molecule has 0 spiro atoms. The molecule has 2 rings (SSSR count). The van der Waals surface area contributed by atoms with Crippen LogP contribution in [0.25, 0.3) is 11.1 Å². The number of carbonyl (C=O) groups excluding carboxylic acids is 2. The summed E-state index contributed by atoms with van der Waals surface area (Å²) in [6.45, 7) is 1.41. The zero-order chi connectivity index (χ0) is 23.0. The zero-order valence-electron chi connectivity index (χ0n) is 17.2. The molecular weight excluding hydrogens is 445 g/mol. The quantitative estimate of drug-likeness (QED) is 0.462. The number of rotatable bonds is 10. The Kier molecular flexibility index (Phi) is 9.74. The van der Waals surface area contributed by atoms with E-state index >= 15 is 0 Å². The Morgan fingerprint density at radius 2 is 1.65 bits per heavy atom. The predicted molar refractivity (Wildman–Crippen MR) is 118 cm³/mol. The number of carbonyl (C=O) groups is 2. The van der Waals surface area contributed by atoms with E-state index in [1.165, 1.54) is 7.11 Å². The SMILES string of the molecule is CCOC(=O)[C@@H](O)[C@H](O)[C@H](Cc1ccc(-c2cc(Cl)cc(Cl)c2)cc1)NC(=O)COC. The molecular formula is C22H25Cl2NO6. The fourth-order valence-electron chi connectivity index (χ4n) is 3.03. The van der Waals surface area contributed by atoms with Crippen molar-refractivity contribution in [3.8, 4) is 11.1 Å². The number of nitrogens with one attached hydrogen (secondary N) is 1. The molecule has 3 N–H and O–H groups in total. The maximum absolute atomic E-state index is 12.0. The lowest BCUT2D eigenvalue weighted by Gasteiger charge is -2.27. The topological polar surface area (TPSA) is 105 Å². The number of esters is 1. The first-order valence-corrected chi connectivity index (χ1v) is 10.4. The average Bonchev–Trinajstić information content (AvgIpc) is 2.72. The molecule has 2 aromatic carbocycles. The smallest absolute Gasteiger partial charge is 0.337 e. The van der Waals surface area contributed by atoms with Crippen molar-refractivity contribution < 1.29 is 29.3 Å². The van der Waals surface area contributed by atoms with Crippen molar-refractivity contribution in [2.45, 2.75) is 31.6 Å².